The first-order valence-electron chi connectivity index (χ1n) is 8.09. The van der Waals surface area contributed by atoms with Crippen molar-refractivity contribution in [2.24, 2.45) is 0 Å². The number of aromatic nitrogens is 3. The van der Waals surface area contributed by atoms with Crippen molar-refractivity contribution in [1.29, 1.82) is 0 Å². The van der Waals surface area contributed by atoms with Crippen molar-refractivity contribution in [3.05, 3.63) is 65.2 Å². The van der Waals surface area contributed by atoms with Crippen LogP contribution in [-0.4, -0.2) is 15.0 Å². The third kappa shape index (κ3) is 2.47. The van der Waals surface area contributed by atoms with E-state index < -0.39 is 0 Å². The molecule has 0 bridgehead atoms. The quantitative estimate of drug-likeness (QED) is 0.697. The van der Waals surface area contributed by atoms with Crippen LogP contribution in [0.4, 0.5) is 0 Å². The predicted octanol–water partition coefficient (Wildman–Crippen LogP) is 4.77. The summed E-state index contributed by atoms with van der Waals surface area (Å²) in [6.07, 6.45) is 6.63. The number of rotatable bonds is 3. The van der Waals surface area contributed by atoms with Gasteiger partial charge in [0, 0.05) is 6.20 Å². The van der Waals surface area contributed by atoms with Crippen LogP contribution < -0.4 is 0 Å². The lowest BCUT2D eigenvalue weighted by atomic mass is 9.78. The molecule has 0 atom stereocenters. The molecule has 1 aliphatic rings. The van der Waals surface area contributed by atoms with Gasteiger partial charge in [-0.05, 0) is 31.4 Å². The number of hydrogen-bond acceptors (Lipinski definition) is 4. The van der Waals surface area contributed by atoms with Crippen LogP contribution in [0.1, 0.15) is 42.8 Å². The highest BCUT2D eigenvalue weighted by molar-refractivity contribution is 7.13. The van der Waals surface area contributed by atoms with Crippen LogP contribution in [0.5, 0.6) is 0 Å². The molecule has 1 aliphatic carbocycles. The Morgan fingerprint density at radius 3 is 2.48 bits per heavy atom. The molecule has 0 N–H and O–H groups in total. The Morgan fingerprint density at radius 2 is 1.78 bits per heavy atom. The summed E-state index contributed by atoms with van der Waals surface area (Å²) < 4.78 is 0. The van der Waals surface area contributed by atoms with E-state index in [0.717, 1.165) is 34.9 Å². The fraction of sp³-hybridized carbons (Fsp3) is 0.316. The van der Waals surface area contributed by atoms with Crippen molar-refractivity contribution >= 4 is 11.3 Å². The summed E-state index contributed by atoms with van der Waals surface area (Å²) in [7, 11) is 0. The van der Waals surface area contributed by atoms with Gasteiger partial charge in [0.25, 0.3) is 0 Å². The lowest BCUT2D eigenvalue weighted by Gasteiger charge is -2.28. The molecule has 3 aromatic rings. The summed E-state index contributed by atoms with van der Waals surface area (Å²) in [5, 5.41) is 0. The van der Waals surface area contributed by atoms with Crippen LogP contribution in [0.15, 0.2) is 48.1 Å². The highest BCUT2D eigenvalue weighted by Crippen LogP contribution is 2.45. The zero-order valence-electron chi connectivity index (χ0n) is 13.2. The van der Waals surface area contributed by atoms with Crippen molar-refractivity contribution in [2.45, 2.75) is 38.0 Å². The van der Waals surface area contributed by atoms with E-state index in [2.05, 4.69) is 40.3 Å². The van der Waals surface area contributed by atoms with Crippen molar-refractivity contribution < 1.29 is 0 Å². The van der Waals surface area contributed by atoms with Crippen molar-refractivity contribution in [1.82, 2.24) is 15.0 Å². The molecule has 1 aromatic carbocycles. The molecular formula is C19H19N3S. The van der Waals surface area contributed by atoms with Crippen molar-refractivity contribution in [2.75, 3.05) is 0 Å². The number of thiazole rings is 1. The molecule has 0 unspecified atom stereocenters. The second kappa shape index (κ2) is 5.85. The number of benzene rings is 1. The van der Waals surface area contributed by atoms with Crippen LogP contribution >= 0.6 is 11.3 Å². The minimum atomic E-state index is -0.0319. The highest BCUT2D eigenvalue weighted by atomic mass is 32.1. The molecular weight excluding hydrogens is 302 g/mol. The average molecular weight is 321 g/mol. The third-order valence-electron chi connectivity index (χ3n) is 4.85. The Hall–Kier alpha value is -2.07. The molecule has 1 saturated carbocycles. The minimum Gasteiger partial charge on any atom is -0.249 e. The fourth-order valence-corrected chi connectivity index (χ4v) is 4.41. The Morgan fingerprint density at radius 1 is 1.00 bits per heavy atom. The molecule has 0 amide bonds. The van der Waals surface area contributed by atoms with Crippen LogP contribution in [0, 0.1) is 6.92 Å². The van der Waals surface area contributed by atoms with Crippen LogP contribution in [0.25, 0.3) is 10.6 Å². The standard InChI is InChI=1S/C19H19N3S/c1-14-17(23-13-21-14)16-9-12-20-18(22-16)19(10-5-6-11-19)15-7-3-2-4-8-15/h2-4,7-9,12-13H,5-6,10-11H2,1H3. The van der Waals surface area contributed by atoms with Crippen LogP contribution in [0.2, 0.25) is 0 Å². The van der Waals surface area contributed by atoms with Gasteiger partial charge < -0.3 is 0 Å². The largest absolute Gasteiger partial charge is 0.249 e. The summed E-state index contributed by atoms with van der Waals surface area (Å²) in [4.78, 5) is 15.2. The summed E-state index contributed by atoms with van der Waals surface area (Å²) in [5.74, 6) is 0.964. The van der Waals surface area contributed by atoms with E-state index in [0.29, 0.717) is 0 Å². The molecule has 0 spiro atoms. The van der Waals surface area contributed by atoms with Gasteiger partial charge in [-0.15, -0.1) is 11.3 Å². The van der Waals surface area contributed by atoms with Gasteiger partial charge in [-0.2, -0.15) is 0 Å². The number of hydrogen-bond donors (Lipinski definition) is 0. The van der Waals surface area contributed by atoms with E-state index in [4.69, 9.17) is 4.98 Å². The monoisotopic (exact) mass is 321 g/mol. The molecule has 4 heteroatoms. The van der Waals surface area contributed by atoms with Gasteiger partial charge in [-0.3, -0.25) is 0 Å². The lowest BCUT2D eigenvalue weighted by molar-refractivity contribution is 0.500. The number of nitrogens with zero attached hydrogens (tertiary/aromatic N) is 3. The first-order chi connectivity index (χ1) is 11.3. The zero-order chi connectivity index (χ0) is 15.7. The van der Waals surface area contributed by atoms with Crippen LogP contribution in [0.3, 0.4) is 0 Å². The lowest BCUT2D eigenvalue weighted by Crippen LogP contribution is -2.26. The molecule has 4 rings (SSSR count). The van der Waals surface area contributed by atoms with Gasteiger partial charge in [0.2, 0.25) is 0 Å². The molecule has 1 fully saturated rings. The third-order valence-corrected chi connectivity index (χ3v) is 5.80. The van der Waals surface area contributed by atoms with Gasteiger partial charge >= 0.3 is 0 Å². The molecule has 23 heavy (non-hydrogen) atoms. The Balaban J connectivity index is 1.84. The van der Waals surface area contributed by atoms with Gasteiger partial charge in [0.15, 0.2) is 0 Å². The van der Waals surface area contributed by atoms with E-state index in [1.54, 1.807) is 11.3 Å². The molecule has 3 nitrogen and oxygen atoms in total. The van der Waals surface area contributed by atoms with E-state index in [1.165, 1.54) is 18.4 Å². The maximum atomic E-state index is 4.97. The Kier molecular flexibility index (Phi) is 3.69. The Bertz CT molecular complexity index is 804. The predicted molar refractivity (Wildman–Crippen MR) is 93.6 cm³/mol. The maximum absolute atomic E-state index is 4.97. The fourth-order valence-electron chi connectivity index (χ4n) is 3.64. The summed E-state index contributed by atoms with van der Waals surface area (Å²) in [6, 6.07) is 12.7. The van der Waals surface area contributed by atoms with Gasteiger partial charge in [0.1, 0.15) is 5.82 Å². The first kappa shape index (κ1) is 14.5. The topological polar surface area (TPSA) is 38.7 Å². The van der Waals surface area contributed by atoms with E-state index in [-0.39, 0.29) is 5.41 Å². The summed E-state index contributed by atoms with van der Waals surface area (Å²) >= 11 is 1.65. The first-order valence-corrected chi connectivity index (χ1v) is 8.97. The second-order valence-corrected chi connectivity index (χ2v) is 7.04. The van der Waals surface area contributed by atoms with Gasteiger partial charge in [0.05, 0.1) is 27.2 Å². The summed E-state index contributed by atoms with van der Waals surface area (Å²) in [6.45, 7) is 2.04. The Labute approximate surface area is 140 Å². The molecule has 2 heterocycles. The van der Waals surface area contributed by atoms with Gasteiger partial charge in [-0.1, -0.05) is 43.2 Å². The van der Waals surface area contributed by atoms with Crippen LogP contribution in [-0.2, 0) is 5.41 Å². The summed E-state index contributed by atoms with van der Waals surface area (Å²) in [5.41, 5.74) is 5.23. The smallest absolute Gasteiger partial charge is 0.139 e. The number of aryl methyl sites for hydroxylation is 1. The molecule has 0 radical (unpaired) electrons. The zero-order valence-corrected chi connectivity index (χ0v) is 14.0. The minimum absolute atomic E-state index is 0.0319. The molecule has 116 valence electrons. The SMILES string of the molecule is Cc1ncsc1-c1ccnc(C2(c3ccccc3)CCCC2)n1. The maximum Gasteiger partial charge on any atom is 0.139 e. The average Bonchev–Trinajstić information content (AvgIpc) is 3.26. The van der Waals surface area contributed by atoms with E-state index in [9.17, 15) is 0 Å². The molecule has 0 saturated heterocycles. The molecule has 0 aliphatic heterocycles. The molecule has 2 aromatic heterocycles. The van der Waals surface area contributed by atoms with E-state index in [1.807, 2.05) is 24.7 Å². The second-order valence-electron chi connectivity index (χ2n) is 6.19. The van der Waals surface area contributed by atoms with Gasteiger partial charge in [-0.25, -0.2) is 15.0 Å². The van der Waals surface area contributed by atoms with Crippen molar-refractivity contribution in [3.63, 3.8) is 0 Å². The van der Waals surface area contributed by atoms with Crippen molar-refractivity contribution in [3.8, 4) is 10.6 Å². The highest BCUT2D eigenvalue weighted by Gasteiger charge is 2.40. The van der Waals surface area contributed by atoms with E-state index >= 15 is 0 Å². The normalized spacial score (nSPS) is 16.6.